The lowest BCUT2D eigenvalue weighted by Crippen LogP contribution is -2.33. The molecule has 0 spiro atoms. The predicted molar refractivity (Wildman–Crippen MR) is 63.6 cm³/mol. The molecule has 2 N–H and O–H groups in total. The summed E-state index contributed by atoms with van der Waals surface area (Å²) in [7, 11) is 0. The van der Waals surface area contributed by atoms with Crippen LogP contribution in [0.2, 0.25) is 5.15 Å². The van der Waals surface area contributed by atoms with Gasteiger partial charge in [0.15, 0.2) is 0 Å². The van der Waals surface area contributed by atoms with E-state index in [1.165, 1.54) is 0 Å². The zero-order valence-corrected chi connectivity index (χ0v) is 10.9. The first kappa shape index (κ1) is 12.5. The Balaban J connectivity index is 2.99. The lowest BCUT2D eigenvalue weighted by molar-refractivity contribution is -0.125. The first-order chi connectivity index (χ1) is 6.83. The van der Waals surface area contributed by atoms with Crippen molar-refractivity contribution in [3.05, 3.63) is 27.5 Å². The van der Waals surface area contributed by atoms with E-state index in [1.54, 1.807) is 19.9 Å². The molecule has 82 valence electrons. The molecule has 1 amide bonds. The average Bonchev–Trinajstić information content (AvgIpc) is 2.10. The number of pyridine rings is 1. The van der Waals surface area contributed by atoms with Gasteiger partial charge in [-0.3, -0.25) is 4.79 Å². The molecule has 0 aliphatic carbocycles. The second kappa shape index (κ2) is 4.49. The summed E-state index contributed by atoms with van der Waals surface area (Å²) in [5.74, 6) is -0.351. The van der Waals surface area contributed by atoms with E-state index in [2.05, 4.69) is 20.9 Å². The molecule has 0 saturated carbocycles. The molecule has 1 rings (SSSR count). The third-order valence-electron chi connectivity index (χ3n) is 2.16. The Hall–Kier alpha value is -0.610. The van der Waals surface area contributed by atoms with Crippen molar-refractivity contribution in [3.63, 3.8) is 0 Å². The van der Waals surface area contributed by atoms with Crippen LogP contribution in [0.1, 0.15) is 19.5 Å². The van der Waals surface area contributed by atoms with E-state index in [0.717, 1.165) is 10.2 Å². The second-order valence-electron chi connectivity index (χ2n) is 3.99. The van der Waals surface area contributed by atoms with Crippen LogP contribution < -0.4 is 5.73 Å². The minimum atomic E-state index is -0.625. The highest BCUT2D eigenvalue weighted by molar-refractivity contribution is 9.10. The van der Waals surface area contributed by atoms with Crippen LogP contribution in [0.4, 0.5) is 0 Å². The minimum absolute atomic E-state index is 0.351. The zero-order valence-electron chi connectivity index (χ0n) is 8.55. The lowest BCUT2D eigenvalue weighted by atomic mass is 9.87. The molecule has 0 aliphatic rings. The molecule has 1 aromatic rings. The molecule has 0 saturated heterocycles. The van der Waals surface area contributed by atoms with E-state index in [1.807, 2.05) is 6.07 Å². The van der Waals surface area contributed by atoms with Crippen molar-refractivity contribution < 1.29 is 4.79 Å². The van der Waals surface area contributed by atoms with E-state index in [9.17, 15) is 4.79 Å². The van der Waals surface area contributed by atoms with Crippen LogP contribution in [-0.2, 0) is 11.2 Å². The third kappa shape index (κ3) is 3.18. The van der Waals surface area contributed by atoms with Crippen molar-refractivity contribution in [1.29, 1.82) is 0 Å². The Morgan fingerprint density at radius 1 is 1.60 bits per heavy atom. The summed E-state index contributed by atoms with van der Waals surface area (Å²) >= 11 is 9.14. The summed E-state index contributed by atoms with van der Waals surface area (Å²) in [6.07, 6.45) is 0.462. The van der Waals surface area contributed by atoms with Crippen molar-refractivity contribution in [2.24, 2.45) is 11.1 Å². The van der Waals surface area contributed by atoms with Crippen LogP contribution >= 0.6 is 27.5 Å². The topological polar surface area (TPSA) is 56.0 Å². The van der Waals surface area contributed by atoms with Gasteiger partial charge in [0.25, 0.3) is 0 Å². The molecule has 0 aliphatic heterocycles. The standard InChI is InChI=1S/C10H12BrClN2O/c1-10(2,9(13)15)5-7-6(11)3-4-8(12)14-7/h3-4H,5H2,1-2H3,(H2,13,15). The zero-order chi connectivity index (χ0) is 11.6. The van der Waals surface area contributed by atoms with E-state index >= 15 is 0 Å². The Morgan fingerprint density at radius 3 is 2.73 bits per heavy atom. The molecule has 0 bridgehead atoms. The SMILES string of the molecule is CC(C)(Cc1nc(Cl)ccc1Br)C(N)=O. The van der Waals surface area contributed by atoms with E-state index in [4.69, 9.17) is 17.3 Å². The monoisotopic (exact) mass is 290 g/mol. The van der Waals surface area contributed by atoms with Crippen molar-refractivity contribution >= 4 is 33.4 Å². The van der Waals surface area contributed by atoms with Gasteiger partial charge in [0.1, 0.15) is 5.15 Å². The Bertz CT molecular complexity index is 393. The molecule has 1 aromatic heterocycles. The summed E-state index contributed by atoms with van der Waals surface area (Å²) < 4.78 is 0.834. The molecule has 15 heavy (non-hydrogen) atoms. The van der Waals surface area contributed by atoms with Gasteiger partial charge < -0.3 is 5.73 Å². The molecule has 0 fully saturated rings. The number of amides is 1. The molecule has 1 heterocycles. The molecule has 0 radical (unpaired) electrons. The number of primary amides is 1. The fraction of sp³-hybridized carbons (Fsp3) is 0.400. The van der Waals surface area contributed by atoms with Crippen LogP contribution in [0.5, 0.6) is 0 Å². The molecular weight excluding hydrogens is 279 g/mol. The maximum absolute atomic E-state index is 11.2. The number of hydrogen-bond acceptors (Lipinski definition) is 2. The lowest BCUT2D eigenvalue weighted by Gasteiger charge is -2.20. The molecule has 0 unspecified atom stereocenters. The maximum atomic E-state index is 11.2. The van der Waals surface area contributed by atoms with Gasteiger partial charge in [-0.15, -0.1) is 0 Å². The Labute approximate surface area is 102 Å². The first-order valence-electron chi connectivity index (χ1n) is 4.44. The third-order valence-corrected chi connectivity index (χ3v) is 3.09. The molecule has 3 nitrogen and oxygen atoms in total. The number of halogens is 2. The molecule has 0 aromatic carbocycles. The summed E-state index contributed by atoms with van der Waals surface area (Å²) in [4.78, 5) is 15.3. The van der Waals surface area contributed by atoms with Crippen molar-refractivity contribution in [3.8, 4) is 0 Å². The van der Waals surface area contributed by atoms with Gasteiger partial charge in [-0.1, -0.05) is 25.4 Å². The minimum Gasteiger partial charge on any atom is -0.369 e. The molecule has 5 heteroatoms. The van der Waals surface area contributed by atoms with Gasteiger partial charge in [-0.2, -0.15) is 0 Å². The molecular formula is C10H12BrClN2O. The van der Waals surface area contributed by atoms with Crippen molar-refractivity contribution in [2.45, 2.75) is 20.3 Å². The first-order valence-corrected chi connectivity index (χ1v) is 5.61. The van der Waals surface area contributed by atoms with Crippen LogP contribution in [-0.4, -0.2) is 10.9 Å². The largest absolute Gasteiger partial charge is 0.369 e. The Morgan fingerprint density at radius 2 is 2.20 bits per heavy atom. The number of carbonyl (C=O) groups is 1. The Kier molecular flexibility index (Phi) is 3.73. The van der Waals surface area contributed by atoms with Crippen LogP contribution in [0, 0.1) is 5.41 Å². The van der Waals surface area contributed by atoms with Crippen molar-refractivity contribution in [2.75, 3.05) is 0 Å². The number of rotatable bonds is 3. The highest BCUT2D eigenvalue weighted by Gasteiger charge is 2.26. The van der Waals surface area contributed by atoms with Crippen LogP contribution in [0.15, 0.2) is 16.6 Å². The number of aromatic nitrogens is 1. The quantitative estimate of drug-likeness (QED) is 0.870. The van der Waals surface area contributed by atoms with Gasteiger partial charge in [0.05, 0.1) is 5.69 Å². The van der Waals surface area contributed by atoms with Gasteiger partial charge in [0.2, 0.25) is 5.91 Å². The fourth-order valence-electron chi connectivity index (χ4n) is 1.09. The van der Waals surface area contributed by atoms with Gasteiger partial charge in [-0.25, -0.2) is 4.98 Å². The number of carbonyl (C=O) groups excluding carboxylic acids is 1. The van der Waals surface area contributed by atoms with Crippen LogP contribution in [0.25, 0.3) is 0 Å². The van der Waals surface area contributed by atoms with E-state index in [0.29, 0.717) is 11.6 Å². The van der Waals surface area contributed by atoms with E-state index in [-0.39, 0.29) is 5.91 Å². The summed E-state index contributed by atoms with van der Waals surface area (Å²) in [5.41, 5.74) is 5.41. The predicted octanol–water partition coefficient (Wildman–Crippen LogP) is 2.55. The highest BCUT2D eigenvalue weighted by Crippen LogP contribution is 2.26. The summed E-state index contributed by atoms with van der Waals surface area (Å²) in [6.45, 7) is 3.56. The van der Waals surface area contributed by atoms with Crippen molar-refractivity contribution in [1.82, 2.24) is 4.98 Å². The van der Waals surface area contributed by atoms with Gasteiger partial charge >= 0.3 is 0 Å². The van der Waals surface area contributed by atoms with E-state index < -0.39 is 5.41 Å². The fourth-order valence-corrected chi connectivity index (χ4v) is 1.61. The maximum Gasteiger partial charge on any atom is 0.223 e. The number of nitrogens with zero attached hydrogens (tertiary/aromatic N) is 1. The van der Waals surface area contributed by atoms with Gasteiger partial charge in [-0.05, 0) is 28.1 Å². The van der Waals surface area contributed by atoms with Gasteiger partial charge in [0, 0.05) is 16.3 Å². The molecule has 0 atom stereocenters. The van der Waals surface area contributed by atoms with Crippen LogP contribution in [0.3, 0.4) is 0 Å². The normalized spacial score (nSPS) is 11.5. The second-order valence-corrected chi connectivity index (χ2v) is 5.23. The number of nitrogens with two attached hydrogens (primary N) is 1. The number of hydrogen-bond donors (Lipinski definition) is 1. The smallest absolute Gasteiger partial charge is 0.223 e. The summed E-state index contributed by atoms with van der Waals surface area (Å²) in [6, 6.07) is 3.49. The summed E-state index contributed by atoms with van der Waals surface area (Å²) in [5, 5.41) is 0.411. The highest BCUT2D eigenvalue weighted by atomic mass is 79.9. The average molecular weight is 292 g/mol.